The number of halogens is 1. The molecular weight excluding hydrogens is 380 g/mol. The first-order valence-corrected chi connectivity index (χ1v) is 9.94. The molecule has 0 fully saturated rings. The Bertz CT molecular complexity index is 1020. The summed E-state index contributed by atoms with van der Waals surface area (Å²) in [6, 6.07) is 11.9. The van der Waals surface area contributed by atoms with E-state index in [9.17, 15) is 8.42 Å². The van der Waals surface area contributed by atoms with Crippen LogP contribution in [0.3, 0.4) is 0 Å². The molecule has 0 amide bonds. The summed E-state index contributed by atoms with van der Waals surface area (Å²) in [6.45, 7) is 1.85. The van der Waals surface area contributed by atoms with Crippen LogP contribution in [0.2, 0.25) is 5.02 Å². The minimum absolute atomic E-state index is 0.0400. The number of nitrogens with one attached hydrogen (secondary N) is 1. The van der Waals surface area contributed by atoms with Gasteiger partial charge in [0.05, 0.1) is 10.7 Å². The molecule has 1 N–H and O–H groups in total. The minimum Gasteiger partial charge on any atom is -0.311 e. The standard InChI is InChI=1S/C16H15ClN4O2S2/c1-11-7-8-15(12(17)9-11)25(22,23)20-13-5-3-4-6-14(13)24-16-19-18-10-21(16)2/h3-10,20H,1-2H3. The molecule has 9 heteroatoms. The summed E-state index contributed by atoms with van der Waals surface area (Å²) in [4.78, 5) is 0.753. The van der Waals surface area contributed by atoms with Gasteiger partial charge in [0.1, 0.15) is 11.2 Å². The van der Waals surface area contributed by atoms with Gasteiger partial charge in [-0.15, -0.1) is 10.2 Å². The highest BCUT2D eigenvalue weighted by Gasteiger charge is 2.20. The number of nitrogens with zero attached hydrogens (tertiary/aromatic N) is 3. The van der Waals surface area contributed by atoms with E-state index in [-0.39, 0.29) is 9.92 Å². The summed E-state index contributed by atoms with van der Waals surface area (Å²) in [5.74, 6) is 0. The van der Waals surface area contributed by atoms with Crippen molar-refractivity contribution in [3.05, 3.63) is 59.4 Å². The van der Waals surface area contributed by atoms with Crippen LogP contribution < -0.4 is 4.72 Å². The average Bonchev–Trinajstić information content (AvgIpc) is 2.93. The number of hydrogen-bond donors (Lipinski definition) is 1. The Labute approximate surface area is 155 Å². The molecule has 0 spiro atoms. The third kappa shape index (κ3) is 3.97. The number of rotatable bonds is 5. The summed E-state index contributed by atoms with van der Waals surface area (Å²) in [5, 5.41) is 8.67. The maximum absolute atomic E-state index is 12.7. The van der Waals surface area contributed by atoms with Gasteiger partial charge in [-0.3, -0.25) is 4.72 Å². The molecular formula is C16H15ClN4O2S2. The molecule has 0 saturated heterocycles. The van der Waals surface area contributed by atoms with E-state index in [0.717, 1.165) is 5.56 Å². The van der Waals surface area contributed by atoms with Crippen molar-refractivity contribution in [2.45, 2.75) is 21.9 Å². The molecule has 3 aromatic rings. The van der Waals surface area contributed by atoms with E-state index >= 15 is 0 Å². The van der Waals surface area contributed by atoms with Gasteiger partial charge < -0.3 is 4.57 Å². The summed E-state index contributed by atoms with van der Waals surface area (Å²) in [6.07, 6.45) is 1.58. The highest BCUT2D eigenvalue weighted by molar-refractivity contribution is 7.99. The minimum atomic E-state index is -3.81. The molecule has 3 rings (SSSR count). The Morgan fingerprint density at radius 1 is 1.20 bits per heavy atom. The average molecular weight is 395 g/mol. The molecule has 0 aliphatic rings. The quantitative estimate of drug-likeness (QED) is 0.713. The van der Waals surface area contributed by atoms with E-state index in [4.69, 9.17) is 11.6 Å². The smallest absolute Gasteiger partial charge is 0.263 e. The second-order valence-corrected chi connectivity index (χ2v) is 8.43. The van der Waals surface area contributed by atoms with Gasteiger partial charge in [-0.2, -0.15) is 0 Å². The van der Waals surface area contributed by atoms with Crippen LogP contribution in [0, 0.1) is 6.92 Å². The number of para-hydroxylation sites is 1. The van der Waals surface area contributed by atoms with Crippen molar-refractivity contribution in [2.24, 2.45) is 7.05 Å². The van der Waals surface area contributed by atoms with Crippen molar-refractivity contribution in [3.63, 3.8) is 0 Å². The molecule has 0 atom stereocenters. The Morgan fingerprint density at radius 3 is 2.64 bits per heavy atom. The zero-order chi connectivity index (χ0) is 18.0. The predicted molar refractivity (Wildman–Crippen MR) is 98.6 cm³/mol. The Morgan fingerprint density at radius 2 is 1.96 bits per heavy atom. The summed E-state index contributed by atoms with van der Waals surface area (Å²) < 4.78 is 29.8. The number of anilines is 1. The van der Waals surface area contributed by atoms with Crippen molar-refractivity contribution in [2.75, 3.05) is 4.72 Å². The molecule has 25 heavy (non-hydrogen) atoms. The molecule has 6 nitrogen and oxygen atoms in total. The van der Waals surface area contributed by atoms with E-state index in [0.29, 0.717) is 15.7 Å². The zero-order valence-electron chi connectivity index (χ0n) is 13.5. The predicted octanol–water partition coefficient (Wildman–Crippen LogP) is 3.73. The van der Waals surface area contributed by atoms with Gasteiger partial charge in [-0.05, 0) is 48.5 Å². The number of benzene rings is 2. The van der Waals surface area contributed by atoms with Gasteiger partial charge in [0.2, 0.25) is 0 Å². The Hall–Kier alpha value is -2.03. The zero-order valence-corrected chi connectivity index (χ0v) is 15.9. The van der Waals surface area contributed by atoms with Gasteiger partial charge in [-0.1, -0.05) is 29.8 Å². The first-order chi connectivity index (χ1) is 11.9. The fraction of sp³-hybridized carbons (Fsp3) is 0.125. The van der Waals surface area contributed by atoms with Crippen molar-refractivity contribution in [1.29, 1.82) is 0 Å². The number of hydrogen-bond acceptors (Lipinski definition) is 5. The van der Waals surface area contributed by atoms with Crippen LogP contribution in [0.4, 0.5) is 5.69 Å². The maximum Gasteiger partial charge on any atom is 0.263 e. The van der Waals surface area contributed by atoms with Crippen LogP contribution in [-0.2, 0) is 17.1 Å². The largest absolute Gasteiger partial charge is 0.311 e. The number of sulfonamides is 1. The summed E-state index contributed by atoms with van der Waals surface area (Å²) in [5.41, 5.74) is 1.34. The van der Waals surface area contributed by atoms with E-state index in [1.54, 1.807) is 35.2 Å². The lowest BCUT2D eigenvalue weighted by Crippen LogP contribution is -2.14. The highest BCUT2D eigenvalue weighted by atomic mass is 35.5. The van der Waals surface area contributed by atoms with Gasteiger partial charge >= 0.3 is 0 Å². The number of aryl methyl sites for hydroxylation is 2. The van der Waals surface area contributed by atoms with Crippen molar-refractivity contribution >= 4 is 39.1 Å². The molecule has 0 unspecified atom stereocenters. The molecule has 0 radical (unpaired) electrons. The second-order valence-electron chi connectivity index (χ2n) is 5.36. The number of aromatic nitrogens is 3. The third-order valence-electron chi connectivity index (χ3n) is 3.38. The fourth-order valence-corrected chi connectivity index (χ4v) is 4.72. The fourth-order valence-electron chi connectivity index (χ4n) is 2.13. The molecule has 0 aliphatic heterocycles. The Kier molecular flexibility index (Phi) is 5.03. The van der Waals surface area contributed by atoms with Crippen LogP contribution >= 0.6 is 23.4 Å². The summed E-state index contributed by atoms with van der Waals surface area (Å²) in [7, 11) is -1.99. The normalized spacial score (nSPS) is 11.5. The SMILES string of the molecule is Cc1ccc(S(=O)(=O)Nc2ccccc2Sc2nncn2C)c(Cl)c1. The van der Waals surface area contributed by atoms with E-state index in [1.165, 1.54) is 17.8 Å². The lowest BCUT2D eigenvalue weighted by molar-refractivity contribution is 0.601. The molecule has 0 aliphatic carbocycles. The highest BCUT2D eigenvalue weighted by Crippen LogP contribution is 2.34. The van der Waals surface area contributed by atoms with Crippen LogP contribution in [0.5, 0.6) is 0 Å². The maximum atomic E-state index is 12.7. The van der Waals surface area contributed by atoms with Crippen LogP contribution in [0.15, 0.2) is 63.7 Å². The Balaban J connectivity index is 1.94. The molecule has 0 bridgehead atoms. The monoisotopic (exact) mass is 394 g/mol. The van der Waals surface area contributed by atoms with E-state index in [1.807, 2.05) is 26.1 Å². The van der Waals surface area contributed by atoms with Crippen LogP contribution in [0.1, 0.15) is 5.56 Å². The van der Waals surface area contributed by atoms with Crippen molar-refractivity contribution in [3.8, 4) is 0 Å². The summed E-state index contributed by atoms with van der Waals surface area (Å²) >= 11 is 7.43. The lowest BCUT2D eigenvalue weighted by atomic mass is 10.2. The van der Waals surface area contributed by atoms with E-state index in [2.05, 4.69) is 14.9 Å². The molecule has 1 heterocycles. The molecule has 0 saturated carbocycles. The van der Waals surface area contributed by atoms with Gasteiger partial charge in [0.25, 0.3) is 10.0 Å². The van der Waals surface area contributed by atoms with Gasteiger partial charge in [-0.25, -0.2) is 8.42 Å². The first kappa shape index (κ1) is 17.8. The molecule has 130 valence electrons. The molecule has 1 aromatic heterocycles. The molecule has 2 aromatic carbocycles. The van der Waals surface area contributed by atoms with Crippen LogP contribution in [0.25, 0.3) is 0 Å². The first-order valence-electron chi connectivity index (χ1n) is 7.27. The van der Waals surface area contributed by atoms with Gasteiger partial charge in [0, 0.05) is 11.9 Å². The lowest BCUT2D eigenvalue weighted by Gasteiger charge is -2.13. The van der Waals surface area contributed by atoms with E-state index < -0.39 is 10.0 Å². The third-order valence-corrected chi connectivity index (χ3v) is 6.36. The second kappa shape index (κ2) is 7.07. The van der Waals surface area contributed by atoms with Crippen LogP contribution in [-0.4, -0.2) is 23.2 Å². The van der Waals surface area contributed by atoms with Crippen molar-refractivity contribution < 1.29 is 8.42 Å². The topological polar surface area (TPSA) is 76.9 Å². The van der Waals surface area contributed by atoms with Gasteiger partial charge in [0.15, 0.2) is 5.16 Å². The van der Waals surface area contributed by atoms with Crippen molar-refractivity contribution in [1.82, 2.24) is 14.8 Å².